The second-order valence-electron chi connectivity index (χ2n) is 7.12. The largest absolute Gasteiger partial charge is 0.326 e. The minimum atomic E-state index is -3.39. The number of aromatic nitrogens is 3. The number of rotatable bonds is 5. The van der Waals surface area contributed by atoms with Crippen LogP contribution in [-0.2, 0) is 10.0 Å². The first-order valence-corrected chi connectivity index (χ1v) is 11.8. The number of carbonyl (C=O) groups excluding carboxylic acids is 1. The van der Waals surface area contributed by atoms with Crippen molar-refractivity contribution in [2.24, 2.45) is 0 Å². The Kier molecular flexibility index (Phi) is 5.24. The quantitative estimate of drug-likeness (QED) is 0.645. The topological polar surface area (TPSA) is 108 Å². The zero-order chi connectivity index (χ0) is 20.6. The molecule has 8 nitrogen and oxygen atoms in total. The SMILES string of the molecule is Cc1ccc(C(=O)N2C[C@@H](NS(C)(=O)=O)C[C@H]2c2nc(-c3ccccc3)n[nH]2)s1. The number of hydrogen-bond acceptors (Lipinski definition) is 6. The molecule has 2 aromatic heterocycles. The van der Waals surface area contributed by atoms with Crippen LogP contribution in [0.15, 0.2) is 42.5 Å². The van der Waals surface area contributed by atoms with Crippen LogP contribution in [0.4, 0.5) is 0 Å². The average Bonchev–Trinajstić information content (AvgIpc) is 3.39. The van der Waals surface area contributed by atoms with Gasteiger partial charge in [-0.3, -0.25) is 9.89 Å². The van der Waals surface area contributed by atoms with Crippen molar-refractivity contribution in [1.82, 2.24) is 24.8 Å². The first-order chi connectivity index (χ1) is 13.8. The van der Waals surface area contributed by atoms with Gasteiger partial charge in [-0.25, -0.2) is 18.1 Å². The lowest BCUT2D eigenvalue weighted by atomic mass is 10.1. The van der Waals surface area contributed by atoms with E-state index in [1.54, 1.807) is 11.0 Å². The molecule has 152 valence electrons. The number of nitrogens with zero attached hydrogens (tertiary/aromatic N) is 3. The molecule has 2 N–H and O–H groups in total. The van der Waals surface area contributed by atoms with E-state index in [1.165, 1.54) is 11.3 Å². The highest BCUT2D eigenvalue weighted by molar-refractivity contribution is 7.88. The first kappa shape index (κ1) is 19.7. The highest BCUT2D eigenvalue weighted by Crippen LogP contribution is 2.33. The fourth-order valence-electron chi connectivity index (χ4n) is 3.54. The molecule has 0 saturated carbocycles. The van der Waals surface area contributed by atoms with Gasteiger partial charge in [0.25, 0.3) is 5.91 Å². The molecular weight excluding hydrogens is 410 g/mol. The van der Waals surface area contributed by atoms with Gasteiger partial charge < -0.3 is 4.90 Å². The third-order valence-corrected chi connectivity index (χ3v) is 6.49. The highest BCUT2D eigenvalue weighted by Gasteiger charge is 2.39. The molecule has 3 aromatic rings. The number of H-pyrrole nitrogens is 1. The van der Waals surface area contributed by atoms with E-state index in [9.17, 15) is 13.2 Å². The van der Waals surface area contributed by atoms with Crippen LogP contribution < -0.4 is 4.72 Å². The van der Waals surface area contributed by atoms with Crippen molar-refractivity contribution >= 4 is 27.3 Å². The van der Waals surface area contributed by atoms with Crippen LogP contribution in [-0.4, -0.2) is 53.2 Å². The molecule has 2 atom stereocenters. The second kappa shape index (κ2) is 7.69. The summed E-state index contributed by atoms with van der Waals surface area (Å²) in [5, 5.41) is 7.23. The van der Waals surface area contributed by atoms with Gasteiger partial charge in [0.1, 0.15) is 5.82 Å². The minimum Gasteiger partial charge on any atom is -0.326 e. The number of sulfonamides is 1. The van der Waals surface area contributed by atoms with E-state index in [1.807, 2.05) is 43.3 Å². The Morgan fingerprint density at radius 2 is 2.00 bits per heavy atom. The van der Waals surface area contributed by atoms with Gasteiger partial charge in [-0.15, -0.1) is 11.3 Å². The summed E-state index contributed by atoms with van der Waals surface area (Å²) in [6.07, 6.45) is 1.55. The maximum absolute atomic E-state index is 13.1. The Morgan fingerprint density at radius 1 is 1.24 bits per heavy atom. The number of likely N-dealkylation sites (tertiary alicyclic amines) is 1. The van der Waals surface area contributed by atoms with Crippen molar-refractivity contribution in [2.45, 2.75) is 25.4 Å². The standard InChI is InChI=1S/C19H21N5O3S2/c1-12-8-9-16(28-12)19(25)24-11-14(23-29(2,26)27)10-15(24)18-20-17(21-22-18)13-6-4-3-5-7-13/h3-9,14-15,23H,10-11H2,1-2H3,(H,20,21,22)/t14-,15-/m0/s1. The summed E-state index contributed by atoms with van der Waals surface area (Å²) >= 11 is 1.42. The molecule has 29 heavy (non-hydrogen) atoms. The Bertz CT molecular complexity index is 1120. The van der Waals surface area contributed by atoms with Crippen LogP contribution in [0.2, 0.25) is 0 Å². The lowest BCUT2D eigenvalue weighted by Crippen LogP contribution is -2.38. The van der Waals surface area contributed by atoms with Gasteiger partial charge in [-0.2, -0.15) is 5.10 Å². The molecule has 1 amide bonds. The predicted molar refractivity (Wildman–Crippen MR) is 111 cm³/mol. The van der Waals surface area contributed by atoms with E-state index >= 15 is 0 Å². The summed E-state index contributed by atoms with van der Waals surface area (Å²) in [6, 6.07) is 12.5. The molecule has 1 aliphatic rings. The van der Waals surface area contributed by atoms with Crippen LogP contribution in [0, 0.1) is 6.92 Å². The Morgan fingerprint density at radius 3 is 2.66 bits per heavy atom. The third kappa shape index (κ3) is 4.39. The van der Waals surface area contributed by atoms with Gasteiger partial charge in [0.05, 0.1) is 17.2 Å². The number of amides is 1. The molecule has 10 heteroatoms. The molecule has 0 spiro atoms. The Hall–Kier alpha value is -2.56. The minimum absolute atomic E-state index is 0.136. The predicted octanol–water partition coefficient (Wildman–Crippen LogP) is 2.35. The normalized spacial score (nSPS) is 19.6. The molecule has 1 aromatic carbocycles. The van der Waals surface area contributed by atoms with Crippen molar-refractivity contribution in [3.05, 3.63) is 58.0 Å². The maximum atomic E-state index is 13.1. The van der Waals surface area contributed by atoms with Gasteiger partial charge >= 0.3 is 0 Å². The number of benzene rings is 1. The van der Waals surface area contributed by atoms with Crippen LogP contribution in [0.1, 0.15) is 32.8 Å². The molecule has 0 radical (unpaired) electrons. The molecule has 3 heterocycles. The Labute approximate surface area is 173 Å². The average molecular weight is 432 g/mol. The number of thiophene rings is 1. The summed E-state index contributed by atoms with van der Waals surface area (Å²) in [4.78, 5) is 21.1. The van der Waals surface area contributed by atoms with Crippen LogP contribution in [0.25, 0.3) is 11.4 Å². The number of aryl methyl sites for hydroxylation is 1. The molecule has 0 unspecified atom stereocenters. The van der Waals surface area contributed by atoms with Gasteiger partial charge in [-0.1, -0.05) is 30.3 Å². The highest BCUT2D eigenvalue weighted by atomic mass is 32.2. The van der Waals surface area contributed by atoms with E-state index < -0.39 is 16.1 Å². The summed E-state index contributed by atoms with van der Waals surface area (Å²) in [7, 11) is -3.39. The second-order valence-corrected chi connectivity index (χ2v) is 10.2. The molecule has 1 saturated heterocycles. The fourth-order valence-corrected chi connectivity index (χ4v) is 5.14. The maximum Gasteiger partial charge on any atom is 0.264 e. The summed E-state index contributed by atoms with van der Waals surface area (Å²) in [5.74, 6) is 0.950. The van der Waals surface area contributed by atoms with Gasteiger partial charge in [0.15, 0.2) is 5.82 Å². The van der Waals surface area contributed by atoms with Crippen molar-refractivity contribution in [3.63, 3.8) is 0 Å². The van der Waals surface area contributed by atoms with Crippen LogP contribution in [0.3, 0.4) is 0 Å². The van der Waals surface area contributed by atoms with Gasteiger partial charge in [0.2, 0.25) is 10.0 Å². The lowest BCUT2D eigenvalue weighted by Gasteiger charge is -2.22. The Balaban J connectivity index is 1.64. The van der Waals surface area contributed by atoms with Gasteiger partial charge in [0, 0.05) is 23.0 Å². The van der Waals surface area contributed by atoms with Gasteiger partial charge in [-0.05, 0) is 25.5 Å². The molecule has 4 rings (SSSR count). The zero-order valence-corrected chi connectivity index (χ0v) is 17.6. The van der Waals surface area contributed by atoms with E-state index in [-0.39, 0.29) is 18.5 Å². The van der Waals surface area contributed by atoms with Crippen molar-refractivity contribution in [3.8, 4) is 11.4 Å². The van der Waals surface area contributed by atoms with E-state index in [4.69, 9.17) is 0 Å². The fraction of sp³-hybridized carbons (Fsp3) is 0.316. The van der Waals surface area contributed by atoms with Crippen molar-refractivity contribution < 1.29 is 13.2 Å². The molecule has 1 aliphatic heterocycles. The number of nitrogens with one attached hydrogen (secondary N) is 2. The van der Waals surface area contributed by atoms with Crippen LogP contribution >= 0.6 is 11.3 Å². The monoisotopic (exact) mass is 431 g/mol. The first-order valence-electron chi connectivity index (χ1n) is 9.12. The van der Waals surface area contributed by atoms with E-state index in [2.05, 4.69) is 19.9 Å². The third-order valence-electron chi connectivity index (χ3n) is 4.74. The summed E-state index contributed by atoms with van der Waals surface area (Å²) in [5.41, 5.74) is 0.866. The van der Waals surface area contributed by atoms with Crippen molar-refractivity contribution in [1.29, 1.82) is 0 Å². The summed E-state index contributed by atoms with van der Waals surface area (Å²) in [6.45, 7) is 2.22. The molecular formula is C19H21N5O3S2. The smallest absolute Gasteiger partial charge is 0.264 e. The van der Waals surface area contributed by atoms with Crippen LogP contribution in [0.5, 0.6) is 0 Å². The number of hydrogen-bond donors (Lipinski definition) is 2. The lowest BCUT2D eigenvalue weighted by molar-refractivity contribution is 0.0733. The summed E-state index contributed by atoms with van der Waals surface area (Å²) < 4.78 is 26.1. The number of aromatic amines is 1. The molecule has 0 bridgehead atoms. The molecule has 0 aliphatic carbocycles. The van der Waals surface area contributed by atoms with Crippen molar-refractivity contribution in [2.75, 3.05) is 12.8 Å². The number of carbonyl (C=O) groups is 1. The zero-order valence-electron chi connectivity index (χ0n) is 16.0. The molecule has 1 fully saturated rings. The van der Waals surface area contributed by atoms with E-state index in [0.29, 0.717) is 22.9 Å². The van der Waals surface area contributed by atoms with E-state index in [0.717, 1.165) is 16.7 Å².